The first kappa shape index (κ1) is 20.7. The molecule has 3 nitrogen and oxygen atoms in total. The highest BCUT2D eigenvalue weighted by molar-refractivity contribution is 7.99. The van der Waals surface area contributed by atoms with Crippen molar-refractivity contribution in [2.45, 2.75) is 36.1 Å². The lowest BCUT2D eigenvalue weighted by Crippen LogP contribution is -2.32. The number of hydrogen-bond acceptors (Lipinski definition) is 3. The molecule has 0 spiro atoms. The molecule has 3 aromatic carbocycles. The first-order chi connectivity index (χ1) is 14.7. The topological polar surface area (TPSA) is 32.3 Å². The van der Waals surface area contributed by atoms with Crippen molar-refractivity contribution < 1.29 is 4.79 Å². The standard InChI is InChI=1S/C26H28N2OS/c1-20-15-17-28(18-16-20)19-21-11-13-22(14-12-21)26(29)27-24-9-5-6-10-25(24)30-23-7-3-2-4-8-23/h2-14,20H,15-19H2,1H3,(H,27,29). The molecule has 30 heavy (non-hydrogen) atoms. The number of hydrogen-bond donors (Lipinski definition) is 1. The third-order valence-corrected chi connectivity index (χ3v) is 6.69. The summed E-state index contributed by atoms with van der Waals surface area (Å²) >= 11 is 1.65. The van der Waals surface area contributed by atoms with Gasteiger partial charge in [0.15, 0.2) is 0 Å². The van der Waals surface area contributed by atoms with Crippen LogP contribution in [0.2, 0.25) is 0 Å². The fourth-order valence-electron chi connectivity index (χ4n) is 3.71. The molecule has 0 atom stereocenters. The van der Waals surface area contributed by atoms with Crippen molar-refractivity contribution in [1.29, 1.82) is 0 Å². The lowest BCUT2D eigenvalue weighted by Gasteiger charge is -2.30. The summed E-state index contributed by atoms with van der Waals surface area (Å²) in [6, 6.07) is 26.2. The molecule has 1 fully saturated rings. The molecule has 0 aliphatic carbocycles. The Bertz CT molecular complexity index is 964. The number of amides is 1. The molecule has 4 heteroatoms. The number of benzene rings is 3. The predicted molar refractivity (Wildman–Crippen MR) is 125 cm³/mol. The van der Waals surface area contributed by atoms with Crippen molar-refractivity contribution in [2.75, 3.05) is 18.4 Å². The van der Waals surface area contributed by atoms with Gasteiger partial charge in [-0.3, -0.25) is 9.69 Å². The van der Waals surface area contributed by atoms with Crippen LogP contribution in [0.1, 0.15) is 35.7 Å². The first-order valence-electron chi connectivity index (χ1n) is 10.6. The Hall–Kier alpha value is -2.56. The average molecular weight is 417 g/mol. The zero-order valence-electron chi connectivity index (χ0n) is 17.4. The Morgan fingerprint density at radius 2 is 1.60 bits per heavy atom. The predicted octanol–water partition coefficient (Wildman–Crippen LogP) is 6.32. The molecule has 0 bridgehead atoms. The van der Waals surface area contributed by atoms with E-state index in [-0.39, 0.29) is 5.91 Å². The monoisotopic (exact) mass is 416 g/mol. The van der Waals surface area contributed by atoms with E-state index in [1.54, 1.807) is 11.8 Å². The molecule has 0 aromatic heterocycles. The lowest BCUT2D eigenvalue weighted by atomic mass is 9.99. The van der Waals surface area contributed by atoms with Crippen LogP contribution in [0.3, 0.4) is 0 Å². The maximum Gasteiger partial charge on any atom is 0.255 e. The number of nitrogens with one attached hydrogen (secondary N) is 1. The van der Waals surface area contributed by atoms with Crippen LogP contribution in [0, 0.1) is 5.92 Å². The van der Waals surface area contributed by atoms with Gasteiger partial charge in [-0.15, -0.1) is 0 Å². The maximum absolute atomic E-state index is 12.8. The molecule has 0 radical (unpaired) electrons. The van der Waals surface area contributed by atoms with Gasteiger partial charge in [0, 0.05) is 21.9 Å². The van der Waals surface area contributed by atoms with E-state index in [9.17, 15) is 4.79 Å². The van der Waals surface area contributed by atoms with Crippen LogP contribution in [0.15, 0.2) is 88.7 Å². The fourth-order valence-corrected chi connectivity index (χ4v) is 4.63. The second-order valence-corrected chi connectivity index (χ2v) is 9.14. The second kappa shape index (κ2) is 9.96. The number of anilines is 1. The average Bonchev–Trinajstić information content (AvgIpc) is 2.78. The van der Waals surface area contributed by atoms with Gasteiger partial charge in [-0.2, -0.15) is 0 Å². The van der Waals surface area contributed by atoms with Crippen molar-refractivity contribution in [1.82, 2.24) is 4.90 Å². The molecule has 1 amide bonds. The maximum atomic E-state index is 12.8. The minimum absolute atomic E-state index is 0.0746. The molecule has 1 aliphatic heterocycles. The van der Waals surface area contributed by atoms with Gasteiger partial charge in [0.25, 0.3) is 5.91 Å². The SMILES string of the molecule is CC1CCN(Cc2ccc(C(=O)Nc3ccccc3Sc3ccccc3)cc2)CC1. The van der Waals surface area contributed by atoms with Crippen molar-refractivity contribution >= 4 is 23.4 Å². The van der Waals surface area contributed by atoms with E-state index in [0.29, 0.717) is 5.56 Å². The van der Waals surface area contributed by atoms with Crippen LogP contribution in [0.25, 0.3) is 0 Å². The highest BCUT2D eigenvalue weighted by Gasteiger charge is 2.16. The Morgan fingerprint density at radius 1 is 0.933 bits per heavy atom. The largest absolute Gasteiger partial charge is 0.321 e. The summed E-state index contributed by atoms with van der Waals surface area (Å²) in [5.74, 6) is 0.768. The molecular weight excluding hydrogens is 388 g/mol. The quantitative estimate of drug-likeness (QED) is 0.510. The Balaban J connectivity index is 1.39. The van der Waals surface area contributed by atoms with Gasteiger partial charge < -0.3 is 5.32 Å². The molecule has 1 N–H and O–H groups in total. The Morgan fingerprint density at radius 3 is 2.33 bits per heavy atom. The van der Waals surface area contributed by atoms with E-state index in [4.69, 9.17) is 0 Å². The Labute approximate surface area is 183 Å². The van der Waals surface area contributed by atoms with Gasteiger partial charge in [-0.25, -0.2) is 0 Å². The summed E-state index contributed by atoms with van der Waals surface area (Å²) in [6.45, 7) is 5.63. The van der Waals surface area contributed by atoms with Crippen LogP contribution in [0.5, 0.6) is 0 Å². The molecule has 1 heterocycles. The van der Waals surface area contributed by atoms with Gasteiger partial charge in [0.2, 0.25) is 0 Å². The third-order valence-electron chi connectivity index (χ3n) is 5.60. The van der Waals surface area contributed by atoms with Gasteiger partial charge in [0.05, 0.1) is 5.69 Å². The molecule has 1 aliphatic rings. The molecule has 4 rings (SSSR count). The zero-order valence-corrected chi connectivity index (χ0v) is 18.2. The van der Waals surface area contributed by atoms with Crippen LogP contribution in [-0.4, -0.2) is 23.9 Å². The van der Waals surface area contributed by atoms with Gasteiger partial charge in [-0.05, 0) is 73.8 Å². The molecule has 0 saturated carbocycles. The van der Waals surface area contributed by atoms with E-state index < -0.39 is 0 Å². The van der Waals surface area contributed by atoms with E-state index in [1.165, 1.54) is 31.5 Å². The molecule has 3 aromatic rings. The summed E-state index contributed by atoms with van der Waals surface area (Å²) in [4.78, 5) is 17.5. The van der Waals surface area contributed by atoms with Gasteiger partial charge in [0.1, 0.15) is 0 Å². The molecule has 0 unspecified atom stereocenters. The van der Waals surface area contributed by atoms with E-state index in [1.807, 2.05) is 54.6 Å². The molecule has 154 valence electrons. The second-order valence-electron chi connectivity index (χ2n) is 8.02. The zero-order chi connectivity index (χ0) is 20.8. The van der Waals surface area contributed by atoms with Crippen LogP contribution >= 0.6 is 11.8 Å². The van der Waals surface area contributed by atoms with E-state index >= 15 is 0 Å². The fraction of sp³-hybridized carbons (Fsp3) is 0.269. The highest BCUT2D eigenvalue weighted by Crippen LogP contribution is 2.33. The smallest absolute Gasteiger partial charge is 0.255 e. The number of para-hydroxylation sites is 1. The lowest BCUT2D eigenvalue weighted by molar-refractivity contribution is 0.102. The van der Waals surface area contributed by atoms with Crippen molar-refractivity contribution in [3.8, 4) is 0 Å². The number of carbonyl (C=O) groups excluding carboxylic acids is 1. The highest BCUT2D eigenvalue weighted by atomic mass is 32.2. The third kappa shape index (κ3) is 5.53. The minimum atomic E-state index is -0.0746. The number of carbonyl (C=O) groups is 1. The van der Waals surface area contributed by atoms with Crippen molar-refractivity contribution in [3.63, 3.8) is 0 Å². The first-order valence-corrected chi connectivity index (χ1v) is 11.4. The van der Waals surface area contributed by atoms with Gasteiger partial charge in [-0.1, -0.05) is 61.2 Å². The summed E-state index contributed by atoms with van der Waals surface area (Å²) in [7, 11) is 0. The van der Waals surface area contributed by atoms with Crippen molar-refractivity contribution in [3.05, 3.63) is 90.0 Å². The van der Waals surface area contributed by atoms with Crippen LogP contribution in [-0.2, 0) is 6.54 Å². The Kier molecular flexibility index (Phi) is 6.88. The van der Waals surface area contributed by atoms with Crippen LogP contribution < -0.4 is 5.32 Å². The van der Waals surface area contributed by atoms with Crippen molar-refractivity contribution in [2.24, 2.45) is 5.92 Å². The summed E-state index contributed by atoms with van der Waals surface area (Å²) in [5, 5.41) is 3.08. The van der Waals surface area contributed by atoms with E-state index in [2.05, 4.69) is 41.4 Å². The summed E-state index contributed by atoms with van der Waals surface area (Å²) in [5.41, 5.74) is 2.79. The van der Waals surface area contributed by atoms with E-state index in [0.717, 1.165) is 27.9 Å². The van der Waals surface area contributed by atoms with Crippen LogP contribution in [0.4, 0.5) is 5.69 Å². The number of likely N-dealkylation sites (tertiary alicyclic amines) is 1. The minimum Gasteiger partial charge on any atom is -0.321 e. The number of nitrogens with zero attached hydrogens (tertiary/aromatic N) is 1. The molecular formula is C26H28N2OS. The van der Waals surface area contributed by atoms with Gasteiger partial charge >= 0.3 is 0 Å². The molecule has 1 saturated heterocycles. The number of piperidine rings is 1. The normalized spacial score (nSPS) is 15.1. The summed E-state index contributed by atoms with van der Waals surface area (Å²) < 4.78 is 0. The number of rotatable bonds is 6. The summed E-state index contributed by atoms with van der Waals surface area (Å²) in [6.07, 6.45) is 2.56.